The maximum Gasteiger partial charge on any atom is 0.410 e. The molecule has 1 saturated heterocycles. The molecular weight excluding hydrogens is 506 g/mol. The van der Waals surface area contributed by atoms with Gasteiger partial charge in [0.15, 0.2) is 0 Å². The lowest BCUT2D eigenvalue weighted by Gasteiger charge is -2.59. The lowest BCUT2D eigenvalue weighted by atomic mass is 9.43. The van der Waals surface area contributed by atoms with Crippen LogP contribution in [-0.4, -0.2) is 60.8 Å². The third kappa shape index (κ3) is 3.96. The van der Waals surface area contributed by atoms with Crippen molar-refractivity contribution in [1.82, 2.24) is 4.90 Å². The highest BCUT2D eigenvalue weighted by Gasteiger charge is 2.84. The van der Waals surface area contributed by atoms with Crippen molar-refractivity contribution >= 4 is 18.3 Å². The van der Waals surface area contributed by atoms with Crippen LogP contribution in [0.4, 0.5) is 4.79 Å². The smallest absolute Gasteiger partial charge is 0.410 e. The predicted octanol–water partition coefficient (Wildman–Crippen LogP) is 5.97. The van der Waals surface area contributed by atoms with Gasteiger partial charge in [-0.25, -0.2) is 4.79 Å². The van der Waals surface area contributed by atoms with Crippen LogP contribution in [0.25, 0.3) is 0 Å². The van der Waals surface area contributed by atoms with Gasteiger partial charge in [-0.1, -0.05) is 51.5 Å². The first-order valence-electron chi connectivity index (χ1n) is 15.4. The summed E-state index contributed by atoms with van der Waals surface area (Å²) in [4.78, 5) is 42.6. The number of nitrogens with zero attached hydrogens (tertiary/aromatic N) is 1. The highest BCUT2D eigenvalue weighted by Crippen LogP contribution is 2.82. The van der Waals surface area contributed by atoms with Crippen LogP contribution in [-0.2, 0) is 23.8 Å². The number of fused-ring (bicyclic) bond motifs is 2. The van der Waals surface area contributed by atoms with Crippen LogP contribution in [0.5, 0.6) is 0 Å². The normalized spacial score (nSPS) is 41.6. The van der Waals surface area contributed by atoms with E-state index in [1.807, 2.05) is 27.7 Å². The molecule has 4 fully saturated rings. The van der Waals surface area contributed by atoms with Crippen molar-refractivity contribution in [2.45, 2.75) is 98.3 Å². The summed E-state index contributed by atoms with van der Waals surface area (Å²) in [5.74, 6) is 0.941. The van der Waals surface area contributed by atoms with Crippen LogP contribution in [0.1, 0.15) is 80.6 Å². The SMILES string of the molecule is C=CCOC(=O)[C@@]12C(C(C)C)=C[C@H]3C[C@]1(C=O)[C@@H]1CC[C@@H](C)[C@H]1C[C@]32CO[C@@H]1C[C@H](C)N(C(=O)OC(C)(C)C)C1. The van der Waals surface area contributed by atoms with Gasteiger partial charge in [-0.3, -0.25) is 4.79 Å². The summed E-state index contributed by atoms with van der Waals surface area (Å²) in [6, 6.07) is -0.00632. The molecule has 0 spiro atoms. The molecule has 9 atom stereocenters. The molecule has 40 heavy (non-hydrogen) atoms. The van der Waals surface area contributed by atoms with Gasteiger partial charge in [-0.05, 0) is 83.0 Å². The third-order valence-corrected chi connectivity index (χ3v) is 11.2. The molecular formula is C33H49NO6. The lowest BCUT2D eigenvalue weighted by Crippen LogP contribution is -2.64. The van der Waals surface area contributed by atoms with Gasteiger partial charge < -0.3 is 23.9 Å². The van der Waals surface area contributed by atoms with E-state index >= 15 is 0 Å². The molecule has 4 bridgehead atoms. The maximum absolute atomic E-state index is 14.5. The monoisotopic (exact) mass is 555 g/mol. The molecule has 4 aliphatic carbocycles. The van der Waals surface area contributed by atoms with Crippen molar-refractivity contribution in [3.05, 3.63) is 24.3 Å². The number of aldehydes is 1. The molecule has 7 heteroatoms. The fraction of sp³-hybridized carbons (Fsp3) is 0.788. The number of amides is 1. The van der Waals surface area contributed by atoms with E-state index in [0.717, 1.165) is 31.1 Å². The molecule has 7 nitrogen and oxygen atoms in total. The van der Waals surface area contributed by atoms with Gasteiger partial charge in [0.1, 0.15) is 23.9 Å². The number of hydrogen-bond acceptors (Lipinski definition) is 6. The second-order valence-corrected chi connectivity index (χ2v) is 14.7. The summed E-state index contributed by atoms with van der Waals surface area (Å²) >= 11 is 0. The Balaban J connectivity index is 1.51. The zero-order valence-electron chi connectivity index (χ0n) is 25.5. The first kappa shape index (κ1) is 29.3. The number of rotatable bonds is 8. The van der Waals surface area contributed by atoms with E-state index in [1.165, 1.54) is 0 Å². The summed E-state index contributed by atoms with van der Waals surface area (Å²) in [5, 5.41) is 0. The van der Waals surface area contributed by atoms with Crippen molar-refractivity contribution in [2.75, 3.05) is 19.8 Å². The summed E-state index contributed by atoms with van der Waals surface area (Å²) in [7, 11) is 0. The average molecular weight is 556 g/mol. The molecule has 5 aliphatic rings. The number of esters is 1. The Labute approximate surface area is 240 Å². The predicted molar refractivity (Wildman–Crippen MR) is 152 cm³/mol. The van der Waals surface area contributed by atoms with E-state index in [4.69, 9.17) is 14.2 Å². The maximum atomic E-state index is 14.5. The third-order valence-electron chi connectivity index (χ3n) is 11.2. The Kier molecular flexibility index (Phi) is 7.33. The van der Waals surface area contributed by atoms with E-state index in [-0.39, 0.29) is 48.6 Å². The van der Waals surface area contributed by atoms with E-state index in [9.17, 15) is 14.4 Å². The van der Waals surface area contributed by atoms with Crippen LogP contribution in [0, 0.1) is 45.8 Å². The van der Waals surface area contributed by atoms with Gasteiger partial charge >= 0.3 is 12.1 Å². The number of carbonyl (C=O) groups is 3. The van der Waals surface area contributed by atoms with Crippen LogP contribution >= 0.6 is 0 Å². The summed E-state index contributed by atoms with van der Waals surface area (Å²) in [5.41, 5.74) is -1.88. The Morgan fingerprint density at radius 3 is 2.55 bits per heavy atom. The van der Waals surface area contributed by atoms with Crippen molar-refractivity contribution in [3.63, 3.8) is 0 Å². The van der Waals surface area contributed by atoms with Gasteiger partial charge in [-0.2, -0.15) is 0 Å². The molecule has 0 aromatic carbocycles. The fourth-order valence-electron chi connectivity index (χ4n) is 9.80. The minimum Gasteiger partial charge on any atom is -0.461 e. The quantitative estimate of drug-likeness (QED) is 0.209. The number of hydrogen-bond donors (Lipinski definition) is 0. The lowest BCUT2D eigenvalue weighted by molar-refractivity contribution is -0.192. The largest absolute Gasteiger partial charge is 0.461 e. The Morgan fingerprint density at radius 2 is 1.93 bits per heavy atom. The zero-order chi connectivity index (χ0) is 29.3. The Bertz CT molecular complexity index is 1090. The summed E-state index contributed by atoms with van der Waals surface area (Å²) < 4.78 is 18.4. The first-order valence-corrected chi connectivity index (χ1v) is 15.4. The van der Waals surface area contributed by atoms with Crippen LogP contribution in [0.15, 0.2) is 24.3 Å². The first-order chi connectivity index (χ1) is 18.8. The molecule has 0 unspecified atom stereocenters. The van der Waals surface area contributed by atoms with Crippen molar-refractivity contribution in [2.24, 2.45) is 45.8 Å². The fourth-order valence-corrected chi connectivity index (χ4v) is 9.80. The summed E-state index contributed by atoms with van der Waals surface area (Å²) in [6.07, 6.45) is 8.88. The van der Waals surface area contributed by atoms with E-state index in [2.05, 4.69) is 33.4 Å². The zero-order valence-corrected chi connectivity index (χ0v) is 25.5. The Hall–Kier alpha value is -2.15. The van der Waals surface area contributed by atoms with Crippen molar-refractivity contribution < 1.29 is 28.6 Å². The molecule has 0 aromatic rings. The van der Waals surface area contributed by atoms with Crippen LogP contribution < -0.4 is 0 Å². The van der Waals surface area contributed by atoms with Gasteiger partial charge in [-0.15, -0.1) is 0 Å². The minimum atomic E-state index is -1.04. The van der Waals surface area contributed by atoms with Crippen LogP contribution in [0.3, 0.4) is 0 Å². The van der Waals surface area contributed by atoms with E-state index in [0.29, 0.717) is 37.8 Å². The molecule has 222 valence electrons. The topological polar surface area (TPSA) is 82.1 Å². The van der Waals surface area contributed by atoms with Crippen LogP contribution in [0.2, 0.25) is 0 Å². The highest BCUT2D eigenvalue weighted by molar-refractivity contribution is 5.91. The second kappa shape index (κ2) is 9.99. The van der Waals surface area contributed by atoms with Gasteiger partial charge in [0, 0.05) is 11.5 Å². The molecule has 1 heterocycles. The molecule has 1 amide bonds. The van der Waals surface area contributed by atoms with Gasteiger partial charge in [0.25, 0.3) is 0 Å². The minimum absolute atomic E-state index is 0.00632. The van der Waals surface area contributed by atoms with Crippen molar-refractivity contribution in [1.29, 1.82) is 0 Å². The highest BCUT2D eigenvalue weighted by atomic mass is 16.6. The number of carbonyl (C=O) groups excluding carboxylic acids is 3. The van der Waals surface area contributed by atoms with E-state index in [1.54, 1.807) is 11.0 Å². The number of allylic oxidation sites excluding steroid dienone is 1. The number of likely N-dealkylation sites (tertiary alicyclic amines) is 1. The summed E-state index contributed by atoms with van der Waals surface area (Å²) in [6.45, 7) is 18.9. The standard InChI is InChI=1S/C33H49NO6/c1-9-12-38-28(36)33-27(20(2)3)14-23-15-31(33,18-35)26-11-10-21(4)25(26)16-32(23,33)19-39-24-13-22(5)34(17-24)29(37)40-30(6,7)8/h9,14,18,20-26H,1,10-13,15-17,19H2,2-8H3/t21-,22+,23+,24-,25-,26-,31+,32+,33+/m1/s1. The van der Waals surface area contributed by atoms with E-state index < -0.39 is 21.8 Å². The molecule has 1 aliphatic heterocycles. The second-order valence-electron chi connectivity index (χ2n) is 14.7. The molecule has 3 saturated carbocycles. The molecule has 0 radical (unpaired) electrons. The van der Waals surface area contributed by atoms with Gasteiger partial charge in [0.05, 0.1) is 24.7 Å². The Morgan fingerprint density at radius 1 is 1.20 bits per heavy atom. The van der Waals surface area contributed by atoms with Gasteiger partial charge in [0.2, 0.25) is 0 Å². The number of ether oxygens (including phenoxy) is 3. The van der Waals surface area contributed by atoms with Crippen molar-refractivity contribution in [3.8, 4) is 0 Å². The molecule has 0 N–H and O–H groups in total. The molecule has 5 rings (SSSR count). The molecule has 0 aromatic heterocycles. The average Bonchev–Trinajstić information content (AvgIpc) is 3.57.